The first-order chi connectivity index (χ1) is 10.5. The van der Waals surface area contributed by atoms with E-state index in [0.717, 1.165) is 27.7 Å². The molecule has 0 amide bonds. The zero-order chi connectivity index (χ0) is 16.1. The molecule has 2 rings (SSSR count). The van der Waals surface area contributed by atoms with Gasteiger partial charge in [-0.1, -0.05) is 44.2 Å². The van der Waals surface area contributed by atoms with Crippen molar-refractivity contribution in [2.24, 2.45) is 5.92 Å². The third-order valence-electron chi connectivity index (χ3n) is 3.40. The smallest absolute Gasteiger partial charge is 0.493 e. The Balaban J connectivity index is 0.00000264. The van der Waals surface area contributed by atoms with E-state index >= 15 is 0 Å². The molecule has 2 aromatic rings. The molecule has 0 radical (unpaired) electrons. The average Bonchev–Trinajstić information content (AvgIpc) is 2.46. The summed E-state index contributed by atoms with van der Waals surface area (Å²) in [6.07, 6.45) is 0. The second-order valence-electron chi connectivity index (χ2n) is 5.95. The van der Waals surface area contributed by atoms with Gasteiger partial charge in [0, 0.05) is 5.56 Å². The minimum absolute atomic E-state index is 0. The molecule has 4 heteroatoms. The summed E-state index contributed by atoms with van der Waals surface area (Å²) < 4.78 is 5.67. The van der Waals surface area contributed by atoms with Crippen LogP contribution in [0, 0.1) is 19.8 Å². The Hall–Kier alpha value is -1.06. The van der Waals surface area contributed by atoms with E-state index in [2.05, 4.69) is 13.8 Å². The second-order valence-corrected chi connectivity index (χ2v) is 7.23. The van der Waals surface area contributed by atoms with Crippen molar-refractivity contribution in [3.05, 3.63) is 59.2 Å². The number of hydrogen-bond donors (Lipinski definition) is 0. The molecule has 2 aromatic carbocycles. The Morgan fingerprint density at radius 2 is 1.61 bits per heavy atom. The van der Waals surface area contributed by atoms with Crippen molar-refractivity contribution in [1.82, 2.24) is 0 Å². The van der Waals surface area contributed by atoms with E-state index in [0.29, 0.717) is 12.5 Å². The van der Waals surface area contributed by atoms with Crippen molar-refractivity contribution in [3.63, 3.8) is 0 Å². The van der Waals surface area contributed by atoms with Crippen LogP contribution in [0.4, 0.5) is 0 Å². The third kappa shape index (κ3) is 5.81. The fourth-order valence-corrected chi connectivity index (χ4v) is 3.38. The van der Waals surface area contributed by atoms with Crippen molar-refractivity contribution in [3.8, 4) is 5.75 Å². The number of carbonyl (C=O) groups is 1. The van der Waals surface area contributed by atoms with Crippen LogP contribution < -0.4 is 28.9 Å². The molecule has 0 aliphatic rings. The van der Waals surface area contributed by atoms with Crippen LogP contribution in [0.2, 0.25) is 0 Å². The van der Waals surface area contributed by atoms with Gasteiger partial charge in [0.2, 0.25) is 0 Å². The monoisotopic (exact) mass is 321 g/mol. The maximum Gasteiger partial charge on any atom is 1.00 e. The summed E-state index contributed by atoms with van der Waals surface area (Å²) in [5.41, 5.74) is 3.16. The molecule has 0 saturated heterocycles. The van der Waals surface area contributed by atoms with Gasteiger partial charge in [0.25, 0.3) is 0 Å². The Morgan fingerprint density at radius 1 is 1.04 bits per heavy atom. The zero-order valence-corrected chi connectivity index (χ0v) is 15.6. The molecule has 23 heavy (non-hydrogen) atoms. The Morgan fingerprint density at radius 3 is 2.13 bits per heavy atom. The summed E-state index contributed by atoms with van der Waals surface area (Å²) >= 11 is 0. The van der Waals surface area contributed by atoms with Crippen LogP contribution in [-0.2, 0) is 0 Å². The molecule has 1 atom stereocenters. The fraction of sp³-hybridized carbons (Fsp3) is 0.316. The van der Waals surface area contributed by atoms with E-state index < -0.39 is 0 Å². The van der Waals surface area contributed by atoms with Crippen molar-refractivity contribution in [2.75, 3.05) is 6.61 Å². The molecule has 2 nitrogen and oxygen atoms in total. The van der Waals surface area contributed by atoms with Gasteiger partial charge >= 0.3 is 18.9 Å². The average molecular weight is 321 g/mol. The summed E-state index contributed by atoms with van der Waals surface area (Å²) in [7, 11) is 0.148. The van der Waals surface area contributed by atoms with Gasteiger partial charge in [-0.15, -0.1) is 0 Å². The van der Waals surface area contributed by atoms with Crippen LogP contribution in [-0.4, -0.2) is 12.1 Å². The molecule has 0 aliphatic carbocycles. The van der Waals surface area contributed by atoms with E-state index in [1.165, 1.54) is 0 Å². The van der Waals surface area contributed by atoms with Crippen LogP contribution in [0.3, 0.4) is 0 Å². The first-order valence-electron chi connectivity index (χ1n) is 7.58. The maximum atomic E-state index is 12.5. The molecule has 0 aliphatic heterocycles. The predicted molar refractivity (Wildman–Crippen MR) is 95.0 cm³/mol. The predicted octanol–water partition coefficient (Wildman–Crippen LogP) is 1.49. The minimum atomic E-state index is 0. The first kappa shape index (κ1) is 20.0. The molecular weight excluding hydrogens is 298 g/mol. The molecule has 0 spiro atoms. The summed E-state index contributed by atoms with van der Waals surface area (Å²) in [5, 5.41) is 1.05. The second kappa shape index (κ2) is 9.29. The topological polar surface area (TPSA) is 26.3 Å². The number of rotatable bonds is 6. The quantitative estimate of drug-likeness (QED) is 0.595. The standard InChI is InChI=1S/C19H23O2P.Li/c1-13(2)12-21-16-8-10-17(11-9-16)22-19(20)18-14(3)6-5-7-15(18)4;/h5-11,13,22H,12H2,1-4H3;/q;+1. The number of carbonyl (C=O) groups excluding carboxylic acids is 1. The van der Waals surface area contributed by atoms with Crippen LogP contribution in [0.1, 0.15) is 35.3 Å². The first-order valence-corrected chi connectivity index (χ1v) is 8.58. The van der Waals surface area contributed by atoms with Gasteiger partial charge < -0.3 is 4.74 Å². The minimum Gasteiger partial charge on any atom is -0.493 e. The van der Waals surface area contributed by atoms with Crippen molar-refractivity contribution >= 4 is 19.4 Å². The molecule has 0 heterocycles. The van der Waals surface area contributed by atoms with Crippen LogP contribution in [0.25, 0.3) is 0 Å². The molecule has 0 saturated carbocycles. The van der Waals surface area contributed by atoms with Crippen LogP contribution in [0.5, 0.6) is 5.75 Å². The largest absolute Gasteiger partial charge is 1.00 e. The number of hydrogen-bond acceptors (Lipinski definition) is 2. The van der Waals surface area contributed by atoms with E-state index in [9.17, 15) is 4.79 Å². The van der Waals surface area contributed by atoms with Gasteiger partial charge in [-0.05, 0) is 56.9 Å². The van der Waals surface area contributed by atoms with E-state index in [-0.39, 0.29) is 33.0 Å². The Labute approximate surface area is 153 Å². The number of benzene rings is 2. The van der Waals surface area contributed by atoms with Crippen LogP contribution >= 0.6 is 8.58 Å². The van der Waals surface area contributed by atoms with Gasteiger partial charge in [0.1, 0.15) is 5.75 Å². The number of ether oxygens (including phenoxy) is 1. The van der Waals surface area contributed by atoms with E-state index in [4.69, 9.17) is 4.74 Å². The van der Waals surface area contributed by atoms with E-state index in [1.54, 1.807) is 0 Å². The Bertz CT molecular complexity index is 631. The van der Waals surface area contributed by atoms with Gasteiger partial charge in [-0.3, -0.25) is 4.79 Å². The SMILES string of the molecule is Cc1cccc(C)c1C(=O)Pc1ccc(OCC(C)C)cc1.[Li+]. The van der Waals surface area contributed by atoms with Gasteiger partial charge in [-0.2, -0.15) is 0 Å². The zero-order valence-electron chi connectivity index (χ0n) is 14.6. The summed E-state index contributed by atoms with van der Waals surface area (Å²) in [5.74, 6) is 1.37. The van der Waals surface area contributed by atoms with Crippen molar-refractivity contribution in [1.29, 1.82) is 0 Å². The van der Waals surface area contributed by atoms with Crippen molar-refractivity contribution < 1.29 is 28.4 Å². The van der Waals surface area contributed by atoms with Crippen molar-refractivity contribution in [2.45, 2.75) is 27.7 Å². The molecule has 0 fully saturated rings. The molecule has 1 unspecified atom stereocenters. The van der Waals surface area contributed by atoms with Gasteiger partial charge in [0.05, 0.1) is 6.61 Å². The molecule has 0 aromatic heterocycles. The molecule has 0 bridgehead atoms. The molecular formula is C19H23LiO2P+. The molecule has 0 N–H and O–H groups in total. The Kier molecular flexibility index (Phi) is 8.07. The normalized spacial score (nSPS) is 10.8. The summed E-state index contributed by atoms with van der Waals surface area (Å²) in [6.45, 7) is 8.95. The summed E-state index contributed by atoms with van der Waals surface area (Å²) in [4.78, 5) is 12.5. The third-order valence-corrected chi connectivity index (χ3v) is 4.50. The van der Waals surface area contributed by atoms with Gasteiger partial charge in [-0.25, -0.2) is 0 Å². The maximum absolute atomic E-state index is 12.5. The summed E-state index contributed by atoms with van der Waals surface area (Å²) in [6, 6.07) is 13.8. The van der Waals surface area contributed by atoms with Gasteiger partial charge in [0.15, 0.2) is 5.52 Å². The number of aryl methyl sites for hydroxylation is 2. The van der Waals surface area contributed by atoms with E-state index in [1.807, 2.05) is 56.3 Å². The fourth-order valence-electron chi connectivity index (χ4n) is 2.26. The van der Waals surface area contributed by atoms with Crippen LogP contribution in [0.15, 0.2) is 42.5 Å². The molecule has 116 valence electrons.